The molecule has 240 valence electrons. The van der Waals surface area contributed by atoms with Crippen LogP contribution in [0, 0.1) is 17.4 Å². The molecule has 0 fully saturated rings. The lowest BCUT2D eigenvalue weighted by Gasteiger charge is -2.38. The van der Waals surface area contributed by atoms with E-state index in [4.69, 9.17) is 9.47 Å². The number of benzene rings is 5. The normalized spacial score (nSPS) is 15.0. The lowest BCUT2D eigenvalue weighted by atomic mass is 9.79. The Labute approximate surface area is 285 Å². The molecule has 2 atom stereocenters. The fourth-order valence-electron chi connectivity index (χ4n) is 6.20. The molecule has 1 aliphatic heterocycles. The Hall–Kier alpha value is -5.15. The van der Waals surface area contributed by atoms with Crippen molar-refractivity contribution in [1.29, 1.82) is 0 Å². The van der Waals surface area contributed by atoms with Gasteiger partial charge in [0.15, 0.2) is 0 Å². The number of rotatable bonds is 8. The predicted octanol–water partition coefficient (Wildman–Crippen LogP) is 9.98. The number of hydrogen-bond donors (Lipinski definition) is 0. The van der Waals surface area contributed by atoms with Gasteiger partial charge in [-0.3, -0.25) is 4.90 Å². The van der Waals surface area contributed by atoms with Crippen LogP contribution in [0.4, 0.5) is 10.5 Å². The van der Waals surface area contributed by atoms with E-state index >= 15 is 0 Å². The fourth-order valence-corrected chi connectivity index (χ4v) is 6.78. The van der Waals surface area contributed by atoms with Crippen LogP contribution in [-0.4, -0.2) is 26.8 Å². The highest BCUT2D eigenvalue weighted by molar-refractivity contribution is 6.83. The molecule has 0 saturated carbocycles. The molecule has 0 aromatic heterocycles. The van der Waals surface area contributed by atoms with Gasteiger partial charge in [0, 0.05) is 11.5 Å². The van der Waals surface area contributed by atoms with E-state index in [9.17, 15) is 4.79 Å². The van der Waals surface area contributed by atoms with E-state index in [2.05, 4.69) is 123 Å². The highest BCUT2D eigenvalue weighted by Crippen LogP contribution is 2.43. The molecule has 1 amide bonds. The fraction of sp³-hybridized carbons (Fsp3) is 0.186. The second kappa shape index (κ2) is 14.3. The van der Waals surface area contributed by atoms with E-state index in [0.29, 0.717) is 12.4 Å². The Bertz CT molecular complexity index is 1830. The molecule has 48 heavy (non-hydrogen) atoms. The summed E-state index contributed by atoms with van der Waals surface area (Å²) in [7, 11) is -1.77. The molecule has 6 rings (SSSR count). The Balaban J connectivity index is 1.41. The zero-order valence-electron chi connectivity index (χ0n) is 28.0. The second-order valence-electron chi connectivity index (χ2n) is 13.1. The Kier molecular flexibility index (Phi) is 9.77. The first-order valence-electron chi connectivity index (χ1n) is 16.5. The molecule has 4 nitrogen and oxygen atoms in total. The van der Waals surface area contributed by atoms with E-state index < -0.39 is 25.8 Å². The van der Waals surface area contributed by atoms with Crippen molar-refractivity contribution >= 4 is 25.4 Å². The van der Waals surface area contributed by atoms with Crippen molar-refractivity contribution in [3.8, 4) is 17.2 Å². The molecule has 5 heteroatoms. The van der Waals surface area contributed by atoms with E-state index in [1.807, 2.05) is 54.6 Å². The third-order valence-corrected chi connectivity index (χ3v) is 9.35. The van der Waals surface area contributed by atoms with Gasteiger partial charge in [0.25, 0.3) is 0 Å². The lowest BCUT2D eigenvalue weighted by molar-refractivity contribution is 0.00318. The maximum Gasteiger partial charge on any atom is 0.421 e. The minimum absolute atomic E-state index is 0.0369. The number of nitrogens with zero attached hydrogens (tertiary/aromatic N) is 1. The summed E-state index contributed by atoms with van der Waals surface area (Å²) in [5, 5.41) is 0. The molecule has 5 aromatic rings. The van der Waals surface area contributed by atoms with Crippen LogP contribution in [0.25, 0.3) is 5.57 Å². The molecular weight excluding hydrogens is 607 g/mol. The Morgan fingerprint density at radius 1 is 0.729 bits per heavy atom. The van der Waals surface area contributed by atoms with E-state index in [1.165, 1.54) is 0 Å². The van der Waals surface area contributed by atoms with Crippen molar-refractivity contribution in [3.63, 3.8) is 0 Å². The number of para-hydroxylation sites is 2. The average Bonchev–Trinajstić information content (AvgIpc) is 3.12. The standard InChI is InChI=1S/C43H41NO3Si/c1-33(32-46-43(34-19-9-5-10-20-34,35-21-11-6-12-22-35)36-23-13-7-14-24-36)40-31-37(29-30-48(2,3)4)44(41-28-18-17-27-39(40)41)42(45)47-38-25-15-8-16-26-38/h5-28,31,33,37H,32H2,1-4H3/t33-,37+/m1/s1. The molecule has 0 radical (unpaired) electrons. The van der Waals surface area contributed by atoms with E-state index in [1.54, 1.807) is 17.0 Å². The van der Waals surface area contributed by atoms with E-state index in [0.717, 1.165) is 33.5 Å². The maximum atomic E-state index is 13.9. The van der Waals surface area contributed by atoms with Crippen LogP contribution in [0.2, 0.25) is 19.6 Å². The number of hydrogen-bond acceptors (Lipinski definition) is 3. The topological polar surface area (TPSA) is 38.8 Å². The first-order valence-corrected chi connectivity index (χ1v) is 20.0. The molecule has 1 heterocycles. The number of ether oxygens (including phenoxy) is 2. The number of fused-ring (bicyclic) bond motifs is 1. The minimum Gasteiger partial charge on any atom is -0.410 e. The van der Waals surface area contributed by atoms with E-state index in [-0.39, 0.29) is 5.92 Å². The zero-order valence-corrected chi connectivity index (χ0v) is 29.0. The highest BCUT2D eigenvalue weighted by atomic mass is 28.3. The third-order valence-electron chi connectivity index (χ3n) is 8.45. The molecule has 0 bridgehead atoms. The summed E-state index contributed by atoms with van der Waals surface area (Å²) in [5.41, 5.74) is 8.68. The first-order chi connectivity index (χ1) is 23.3. The summed E-state index contributed by atoms with van der Waals surface area (Å²) < 4.78 is 13.1. The Morgan fingerprint density at radius 3 is 1.73 bits per heavy atom. The summed E-state index contributed by atoms with van der Waals surface area (Å²) in [6.45, 7) is 9.24. The molecule has 0 N–H and O–H groups in total. The average molecular weight is 648 g/mol. The first kappa shape index (κ1) is 32.8. The van der Waals surface area contributed by atoms with Crippen LogP contribution < -0.4 is 9.64 Å². The largest absolute Gasteiger partial charge is 0.421 e. The predicted molar refractivity (Wildman–Crippen MR) is 199 cm³/mol. The molecule has 0 unspecified atom stereocenters. The molecule has 1 aliphatic rings. The van der Waals surface area contributed by atoms with Gasteiger partial charge in [-0.25, -0.2) is 4.79 Å². The Morgan fingerprint density at radius 2 is 1.21 bits per heavy atom. The smallest absolute Gasteiger partial charge is 0.410 e. The van der Waals surface area contributed by atoms with Crippen molar-refractivity contribution in [2.45, 2.75) is 38.2 Å². The molecule has 5 aromatic carbocycles. The van der Waals surface area contributed by atoms with Gasteiger partial charge in [-0.05, 0) is 46.5 Å². The van der Waals surface area contributed by atoms with Crippen LogP contribution in [0.1, 0.15) is 29.2 Å². The number of anilines is 1. The number of carbonyl (C=O) groups excluding carboxylic acids is 1. The van der Waals surface area contributed by atoms with Crippen molar-refractivity contribution in [2.24, 2.45) is 5.92 Å². The minimum atomic E-state index is -1.77. The van der Waals surface area contributed by atoms with Gasteiger partial charge in [0.1, 0.15) is 25.5 Å². The van der Waals surface area contributed by atoms with Crippen LogP contribution in [0.5, 0.6) is 5.75 Å². The SMILES string of the molecule is C[C@H](COC(c1ccccc1)(c1ccccc1)c1ccccc1)C1=C[C@H](C#C[Si](C)(C)C)N(C(=O)Oc2ccccc2)c2ccccc21. The van der Waals surface area contributed by atoms with Gasteiger partial charge in [-0.2, -0.15) is 0 Å². The van der Waals surface area contributed by atoms with Gasteiger partial charge in [0.2, 0.25) is 0 Å². The number of amides is 1. The summed E-state index contributed by atoms with van der Waals surface area (Å²) in [4.78, 5) is 15.6. The maximum absolute atomic E-state index is 13.9. The molecule has 0 spiro atoms. The van der Waals surface area contributed by atoms with Gasteiger partial charge >= 0.3 is 6.09 Å². The third kappa shape index (κ3) is 7.06. The van der Waals surface area contributed by atoms with Crippen LogP contribution in [0.3, 0.4) is 0 Å². The number of carbonyl (C=O) groups is 1. The zero-order chi connectivity index (χ0) is 33.6. The molecule has 0 aliphatic carbocycles. The van der Waals surface area contributed by atoms with Crippen LogP contribution >= 0.6 is 0 Å². The summed E-state index contributed by atoms with van der Waals surface area (Å²) in [6.07, 6.45) is 1.67. The van der Waals surface area contributed by atoms with Crippen molar-refractivity contribution in [1.82, 2.24) is 0 Å². The second-order valence-corrected chi connectivity index (χ2v) is 17.9. The highest BCUT2D eigenvalue weighted by Gasteiger charge is 2.39. The van der Waals surface area contributed by atoms with Crippen molar-refractivity contribution in [3.05, 3.63) is 174 Å². The summed E-state index contributed by atoms with van der Waals surface area (Å²) in [6, 6.07) is 48.0. The molecular formula is C43H41NO3Si. The van der Waals surface area contributed by atoms with Crippen molar-refractivity contribution in [2.75, 3.05) is 11.5 Å². The van der Waals surface area contributed by atoms with Crippen molar-refractivity contribution < 1.29 is 14.3 Å². The summed E-state index contributed by atoms with van der Waals surface area (Å²) >= 11 is 0. The van der Waals surface area contributed by atoms with Gasteiger partial charge in [-0.15, -0.1) is 5.54 Å². The van der Waals surface area contributed by atoms with Crippen LogP contribution in [0.15, 0.2) is 152 Å². The van der Waals surface area contributed by atoms with Gasteiger partial charge < -0.3 is 9.47 Å². The lowest BCUT2D eigenvalue weighted by Crippen LogP contribution is -2.44. The van der Waals surface area contributed by atoms with Crippen LogP contribution in [-0.2, 0) is 10.3 Å². The summed E-state index contributed by atoms with van der Waals surface area (Å²) in [5.74, 6) is 3.93. The van der Waals surface area contributed by atoms with Gasteiger partial charge in [-0.1, -0.05) is 160 Å². The van der Waals surface area contributed by atoms with Gasteiger partial charge in [0.05, 0.1) is 12.3 Å². The molecule has 0 saturated heterocycles. The monoisotopic (exact) mass is 647 g/mol. The quantitative estimate of drug-likeness (QED) is 0.0956.